The molecule has 3 saturated carbocycles. The highest BCUT2D eigenvalue weighted by Gasteiger charge is 2.68. The van der Waals surface area contributed by atoms with Gasteiger partial charge < -0.3 is 114 Å². The summed E-state index contributed by atoms with van der Waals surface area (Å²) in [6, 6.07) is 0. The van der Waals surface area contributed by atoms with Crippen LogP contribution in [-0.2, 0) is 42.6 Å². The van der Waals surface area contributed by atoms with Gasteiger partial charge in [-0.15, -0.1) is 0 Å². The maximum absolute atomic E-state index is 12.1. The van der Waals surface area contributed by atoms with Crippen LogP contribution < -0.4 is 0 Å². The monoisotopic (exact) mass is 1060 g/mol. The van der Waals surface area contributed by atoms with E-state index in [4.69, 9.17) is 42.6 Å². The highest BCUT2D eigenvalue weighted by molar-refractivity contribution is 5.26. The van der Waals surface area contributed by atoms with Crippen LogP contribution in [0.15, 0.2) is 11.6 Å². The molecule has 9 aliphatic rings. The van der Waals surface area contributed by atoms with Crippen molar-refractivity contribution in [1.82, 2.24) is 0 Å². The summed E-state index contributed by atoms with van der Waals surface area (Å²) < 4.78 is 54.4. The van der Waals surface area contributed by atoms with E-state index in [1.807, 2.05) is 6.92 Å². The zero-order valence-electron chi connectivity index (χ0n) is 42.9. The molecule has 0 spiro atoms. The summed E-state index contributed by atoms with van der Waals surface area (Å²) in [7, 11) is 0. The predicted octanol–water partition coefficient (Wildman–Crippen LogP) is -3.01. The summed E-state index contributed by atoms with van der Waals surface area (Å²) >= 11 is 0. The van der Waals surface area contributed by atoms with Gasteiger partial charge in [0.15, 0.2) is 30.9 Å². The first-order valence-corrected chi connectivity index (χ1v) is 26.9. The average molecular weight is 1070 g/mol. The molecule has 14 N–H and O–H groups in total. The fraction of sp³-hybridized carbons (Fsp3) is 0.961. The fourth-order valence-electron chi connectivity index (χ4n) is 15.0. The molecular weight excluding hydrogens is 981 g/mol. The van der Waals surface area contributed by atoms with E-state index >= 15 is 0 Å². The zero-order valence-corrected chi connectivity index (χ0v) is 42.9. The number of fused-ring (bicyclic) bond motifs is 7. The van der Waals surface area contributed by atoms with Crippen molar-refractivity contribution in [3.8, 4) is 0 Å². The second kappa shape index (κ2) is 22.4. The molecule has 11 unspecified atom stereocenters. The highest BCUT2D eigenvalue weighted by atomic mass is 16.8. The molecule has 0 aromatic heterocycles. The van der Waals surface area contributed by atoms with E-state index in [1.54, 1.807) is 0 Å². The first-order valence-electron chi connectivity index (χ1n) is 26.9. The lowest BCUT2D eigenvalue weighted by Gasteiger charge is -2.58. The lowest BCUT2D eigenvalue weighted by Crippen LogP contribution is -2.67. The minimum atomic E-state index is -1.85. The lowest BCUT2D eigenvalue weighted by atomic mass is 9.47. The quantitative estimate of drug-likeness (QED) is 0.0727. The van der Waals surface area contributed by atoms with Crippen LogP contribution in [0.25, 0.3) is 0 Å². The Kier molecular flexibility index (Phi) is 17.4. The third kappa shape index (κ3) is 10.2. The molecule has 8 fully saturated rings. The van der Waals surface area contributed by atoms with Crippen LogP contribution >= 0.6 is 0 Å². The Balaban J connectivity index is 0.849. The second-order valence-electron chi connectivity index (χ2n) is 23.8. The van der Waals surface area contributed by atoms with E-state index < -0.39 is 155 Å². The van der Waals surface area contributed by atoms with Crippen molar-refractivity contribution < 1.29 is 114 Å². The smallest absolute Gasteiger partial charge is 0.187 e. The largest absolute Gasteiger partial charge is 0.394 e. The standard InChI is InChI=1S/C51H84O23/c1-20(19-66-45-39(61)37(59)34(56)29(16-52)69-45)8-13-51(65)21(2)32-28(74-51)15-27-25-7-6-23-14-24(9-11-49(23,4)26(25)10-12-50(27,32)5)68-48-44(73-46-40(62)36(58)33(55)22(3)67-46)42(64)43(31(18-54)71-48)72-47-41(63)38(60)35(57)30(17-53)70-47/h6,20-22,24-48,52-65H,7-19H2,1-5H3/t20-,21+,22?,24?,25-,26+,27+,28?,29?,30?,31?,32+,33+,34-,35-,36+,37+,38+,39?,40?,41?,42+,43-,44?,45-,46+,47+,48-,49+,50+,51?/m1/s1. The summed E-state index contributed by atoms with van der Waals surface area (Å²) in [6.45, 7) is 8.35. The van der Waals surface area contributed by atoms with Crippen LogP contribution in [0.1, 0.15) is 92.4 Å². The molecule has 0 aromatic rings. The number of allylic oxidation sites excluding steroid dienone is 1. The Morgan fingerprint density at radius 3 is 1.86 bits per heavy atom. The molecule has 74 heavy (non-hydrogen) atoms. The molecule has 5 aliphatic heterocycles. The van der Waals surface area contributed by atoms with Gasteiger partial charge in [0.2, 0.25) is 0 Å². The first-order chi connectivity index (χ1) is 35.0. The van der Waals surface area contributed by atoms with Crippen molar-refractivity contribution in [1.29, 1.82) is 0 Å². The van der Waals surface area contributed by atoms with Crippen LogP contribution in [0.3, 0.4) is 0 Å². The summed E-state index contributed by atoms with van der Waals surface area (Å²) in [4.78, 5) is 0. The van der Waals surface area contributed by atoms with Gasteiger partial charge in [-0.2, -0.15) is 0 Å². The minimum Gasteiger partial charge on any atom is -0.394 e. The molecule has 0 amide bonds. The van der Waals surface area contributed by atoms with E-state index in [0.717, 1.165) is 32.1 Å². The van der Waals surface area contributed by atoms with Crippen LogP contribution in [0.4, 0.5) is 0 Å². The number of hydrogen-bond acceptors (Lipinski definition) is 23. The topological polar surface area (TPSA) is 366 Å². The third-order valence-electron chi connectivity index (χ3n) is 19.5. The van der Waals surface area contributed by atoms with Crippen molar-refractivity contribution in [3.63, 3.8) is 0 Å². The molecular formula is C51H84O23. The normalized spacial score (nSPS) is 54.9. The van der Waals surface area contributed by atoms with Crippen molar-refractivity contribution in [2.45, 2.75) is 233 Å². The van der Waals surface area contributed by atoms with Gasteiger partial charge in [-0.3, -0.25) is 0 Å². The van der Waals surface area contributed by atoms with Crippen molar-refractivity contribution in [2.24, 2.45) is 46.3 Å². The molecule has 0 radical (unpaired) electrons. The van der Waals surface area contributed by atoms with Crippen molar-refractivity contribution >= 4 is 0 Å². The Hall–Kier alpha value is -1.18. The van der Waals surface area contributed by atoms with Gasteiger partial charge in [0.25, 0.3) is 0 Å². The summed E-state index contributed by atoms with van der Waals surface area (Å²) in [5.74, 6) is -0.310. The Morgan fingerprint density at radius 2 is 1.22 bits per heavy atom. The Morgan fingerprint density at radius 1 is 0.635 bits per heavy atom. The van der Waals surface area contributed by atoms with E-state index in [0.29, 0.717) is 43.4 Å². The molecule has 31 atom stereocenters. The lowest BCUT2D eigenvalue weighted by molar-refractivity contribution is -0.389. The van der Waals surface area contributed by atoms with E-state index in [9.17, 15) is 71.5 Å². The average Bonchev–Trinajstić information content (AvgIpc) is 3.82. The molecule has 5 saturated heterocycles. The maximum atomic E-state index is 12.1. The molecule has 5 heterocycles. The van der Waals surface area contributed by atoms with Gasteiger partial charge in [-0.1, -0.05) is 39.3 Å². The highest BCUT2D eigenvalue weighted by Crippen LogP contribution is 2.70. The molecule has 0 bridgehead atoms. The Labute approximate surface area is 430 Å². The van der Waals surface area contributed by atoms with Crippen molar-refractivity contribution in [2.75, 3.05) is 26.4 Å². The van der Waals surface area contributed by atoms with Gasteiger partial charge in [-0.05, 0) is 98.7 Å². The molecule has 23 heteroatoms. The van der Waals surface area contributed by atoms with E-state index in [2.05, 4.69) is 26.8 Å². The zero-order chi connectivity index (χ0) is 53.5. The summed E-state index contributed by atoms with van der Waals surface area (Å²) in [6.07, 6.45) is -22.1. The van der Waals surface area contributed by atoms with Gasteiger partial charge >= 0.3 is 0 Å². The van der Waals surface area contributed by atoms with Gasteiger partial charge in [0.1, 0.15) is 91.6 Å². The molecule has 23 nitrogen and oxygen atoms in total. The van der Waals surface area contributed by atoms with Gasteiger partial charge in [0, 0.05) is 12.3 Å². The first kappa shape index (κ1) is 57.5. The minimum absolute atomic E-state index is 0.0705. The molecule has 4 aliphatic carbocycles. The van der Waals surface area contributed by atoms with Crippen LogP contribution in [0, 0.1) is 46.3 Å². The third-order valence-corrected chi connectivity index (χ3v) is 19.5. The Bertz CT molecular complexity index is 1920. The number of ether oxygens (including phenoxy) is 9. The summed E-state index contributed by atoms with van der Waals surface area (Å²) in [5.41, 5.74) is 1.02. The number of rotatable bonds is 15. The van der Waals surface area contributed by atoms with E-state index in [1.165, 1.54) is 12.5 Å². The SMILES string of the molecule is CC1O[C@@H](OC2[C@H](OC3CC[C@@]4(C)C(=CC[C@H]5[C@@H]6CC7OC(O)(CC[C@@H](C)CO[C@@H]8OC(CO)[C@@H](O)[C@H](O)C8O)[C@@H](C)[C@@H]7[C@@]6(C)CC[C@@H]54)C3)OC(CO)[C@@H](O[C@@H]3OC(CO)[C@@H](O)[C@H](O)C3O)[C@@H]2O)C(O)[C@@H](O)[C@H]1O. The van der Waals surface area contributed by atoms with Crippen LogP contribution in [0.2, 0.25) is 0 Å². The van der Waals surface area contributed by atoms with Crippen molar-refractivity contribution in [3.05, 3.63) is 11.6 Å². The molecule has 426 valence electrons. The number of aliphatic hydroxyl groups excluding tert-OH is 13. The summed E-state index contributed by atoms with van der Waals surface area (Å²) in [5, 5.41) is 148. The fourth-order valence-corrected chi connectivity index (χ4v) is 15.0. The van der Waals surface area contributed by atoms with Gasteiger partial charge in [0.05, 0.1) is 44.7 Å². The maximum Gasteiger partial charge on any atom is 0.187 e. The van der Waals surface area contributed by atoms with Gasteiger partial charge in [-0.25, -0.2) is 0 Å². The predicted molar refractivity (Wildman–Crippen MR) is 250 cm³/mol. The van der Waals surface area contributed by atoms with Crippen LogP contribution in [0.5, 0.6) is 0 Å². The molecule has 9 rings (SSSR count). The second-order valence-corrected chi connectivity index (χ2v) is 23.8. The number of aliphatic hydroxyl groups is 14. The van der Waals surface area contributed by atoms with Crippen LogP contribution in [-0.4, -0.2) is 239 Å². The van der Waals surface area contributed by atoms with E-state index in [-0.39, 0.29) is 41.3 Å². The number of hydrogen-bond donors (Lipinski definition) is 14. The molecule has 0 aromatic carbocycles.